The number of benzene rings is 1. The van der Waals surface area contributed by atoms with E-state index >= 15 is 0 Å². The molecule has 0 unspecified atom stereocenters. The fourth-order valence-corrected chi connectivity index (χ4v) is 5.84. The van der Waals surface area contributed by atoms with Crippen LogP contribution in [-0.2, 0) is 27.5 Å². The highest BCUT2D eigenvalue weighted by atomic mass is 32.2. The Kier molecular flexibility index (Phi) is 7.43. The van der Waals surface area contributed by atoms with Crippen LogP contribution in [0, 0.1) is 11.6 Å². The average Bonchev–Trinajstić information content (AvgIpc) is 3.17. The van der Waals surface area contributed by atoms with Crippen molar-refractivity contribution in [2.75, 3.05) is 0 Å². The Balaban J connectivity index is 1.54. The minimum absolute atomic E-state index is 0.0120. The van der Waals surface area contributed by atoms with E-state index in [0.717, 1.165) is 48.9 Å². The Hall–Kier alpha value is -3.59. The van der Waals surface area contributed by atoms with Gasteiger partial charge in [-0.05, 0) is 31.2 Å². The van der Waals surface area contributed by atoms with Crippen molar-refractivity contribution in [3.05, 3.63) is 71.9 Å². The SMILES string of the molecule is C[C@H]1[C@H](F)C[C@@H](C(=O)NCc2cc(-c3cnc(C(F)(F)F)nc3)ncc2F)N1S(=O)(=O)c1cccc(F)c1. The summed E-state index contributed by atoms with van der Waals surface area (Å²) in [6.45, 7) is 0.799. The molecule has 2 aromatic heterocycles. The third kappa shape index (κ3) is 5.48. The fraction of sp³-hybridized carbons (Fsp3) is 0.304. The number of carbonyl (C=O) groups is 1. The lowest BCUT2D eigenvalue weighted by molar-refractivity contribution is -0.145. The summed E-state index contributed by atoms with van der Waals surface area (Å²) in [6, 6.07) is 2.48. The molecule has 0 aliphatic carbocycles. The third-order valence-electron chi connectivity index (χ3n) is 5.94. The summed E-state index contributed by atoms with van der Waals surface area (Å²) in [5, 5.41) is 2.36. The second-order valence-corrected chi connectivity index (χ2v) is 10.3. The van der Waals surface area contributed by atoms with Crippen LogP contribution in [0.3, 0.4) is 0 Å². The molecule has 3 atom stereocenters. The van der Waals surface area contributed by atoms with E-state index in [1.807, 2.05) is 0 Å². The zero-order chi connectivity index (χ0) is 27.8. The Morgan fingerprint density at radius 3 is 2.42 bits per heavy atom. The molecular formula is C23H19F6N5O3S. The van der Waals surface area contributed by atoms with Crippen LogP contribution in [0.2, 0.25) is 0 Å². The summed E-state index contributed by atoms with van der Waals surface area (Å²) in [6.07, 6.45) is -4.43. The quantitative estimate of drug-likeness (QED) is 0.463. The summed E-state index contributed by atoms with van der Waals surface area (Å²) in [4.78, 5) is 22.7. The minimum Gasteiger partial charge on any atom is -0.351 e. The van der Waals surface area contributed by atoms with Gasteiger partial charge in [0.15, 0.2) is 0 Å². The molecule has 1 fully saturated rings. The summed E-state index contributed by atoms with van der Waals surface area (Å²) < 4.78 is 108. The molecule has 1 saturated heterocycles. The molecule has 1 aliphatic rings. The van der Waals surface area contributed by atoms with Crippen molar-refractivity contribution < 1.29 is 39.6 Å². The number of nitrogens with zero attached hydrogens (tertiary/aromatic N) is 4. The number of nitrogens with one attached hydrogen (secondary N) is 1. The molecule has 202 valence electrons. The second kappa shape index (κ2) is 10.3. The van der Waals surface area contributed by atoms with E-state index in [1.165, 1.54) is 6.92 Å². The van der Waals surface area contributed by atoms with Crippen molar-refractivity contribution in [1.29, 1.82) is 0 Å². The van der Waals surface area contributed by atoms with Gasteiger partial charge in [-0.25, -0.2) is 31.6 Å². The minimum atomic E-state index is -4.75. The van der Waals surface area contributed by atoms with Gasteiger partial charge in [0.05, 0.1) is 22.8 Å². The molecule has 0 bridgehead atoms. The van der Waals surface area contributed by atoms with Crippen LogP contribution in [0.1, 0.15) is 24.7 Å². The highest BCUT2D eigenvalue weighted by molar-refractivity contribution is 7.89. The Labute approximate surface area is 212 Å². The molecule has 0 spiro atoms. The number of hydrogen-bond donors (Lipinski definition) is 1. The smallest absolute Gasteiger partial charge is 0.351 e. The van der Waals surface area contributed by atoms with Crippen LogP contribution in [0.25, 0.3) is 11.3 Å². The molecule has 38 heavy (non-hydrogen) atoms. The molecule has 15 heteroatoms. The third-order valence-corrected chi connectivity index (χ3v) is 7.94. The van der Waals surface area contributed by atoms with Gasteiger partial charge >= 0.3 is 6.18 Å². The molecular weight excluding hydrogens is 540 g/mol. The number of aromatic nitrogens is 3. The summed E-state index contributed by atoms with van der Waals surface area (Å²) in [5.74, 6) is -3.99. The lowest BCUT2D eigenvalue weighted by Crippen LogP contribution is -2.48. The number of amides is 1. The number of rotatable bonds is 6. The van der Waals surface area contributed by atoms with Crippen LogP contribution in [0.5, 0.6) is 0 Å². The summed E-state index contributed by atoms with van der Waals surface area (Å²) >= 11 is 0. The van der Waals surface area contributed by atoms with Crippen LogP contribution in [-0.4, -0.2) is 51.8 Å². The maximum Gasteiger partial charge on any atom is 0.451 e. The first-order valence-electron chi connectivity index (χ1n) is 11.0. The highest BCUT2D eigenvalue weighted by Gasteiger charge is 2.49. The van der Waals surface area contributed by atoms with E-state index in [0.29, 0.717) is 4.31 Å². The molecule has 1 N–H and O–H groups in total. The Bertz CT molecular complexity index is 1450. The molecule has 3 aromatic rings. The monoisotopic (exact) mass is 559 g/mol. The predicted octanol–water partition coefficient (Wildman–Crippen LogP) is 3.64. The predicted molar refractivity (Wildman–Crippen MR) is 120 cm³/mol. The maximum atomic E-state index is 14.6. The van der Waals surface area contributed by atoms with Crippen molar-refractivity contribution in [3.8, 4) is 11.3 Å². The topological polar surface area (TPSA) is 105 Å². The Morgan fingerprint density at radius 2 is 1.79 bits per heavy atom. The summed E-state index contributed by atoms with van der Waals surface area (Å²) in [5.41, 5.74) is -0.0774. The number of alkyl halides is 4. The van der Waals surface area contributed by atoms with E-state index in [2.05, 4.69) is 20.3 Å². The molecule has 8 nitrogen and oxygen atoms in total. The second-order valence-electron chi connectivity index (χ2n) is 8.47. The first kappa shape index (κ1) is 27.4. The van der Waals surface area contributed by atoms with Crippen LogP contribution < -0.4 is 5.32 Å². The Morgan fingerprint density at radius 1 is 1.11 bits per heavy atom. The van der Waals surface area contributed by atoms with E-state index < -0.39 is 75.7 Å². The van der Waals surface area contributed by atoms with Crippen LogP contribution in [0.4, 0.5) is 26.3 Å². The zero-order valence-electron chi connectivity index (χ0n) is 19.5. The molecule has 1 amide bonds. The van der Waals surface area contributed by atoms with Crippen LogP contribution in [0.15, 0.2) is 53.8 Å². The lowest BCUT2D eigenvalue weighted by atomic mass is 10.1. The molecule has 1 aliphatic heterocycles. The van der Waals surface area contributed by atoms with Gasteiger partial charge < -0.3 is 5.32 Å². The number of carbonyl (C=O) groups excluding carboxylic acids is 1. The van der Waals surface area contributed by atoms with Gasteiger partial charge in [0.25, 0.3) is 0 Å². The fourth-order valence-electron chi connectivity index (χ4n) is 4.00. The molecule has 4 rings (SSSR count). The van der Waals surface area contributed by atoms with Gasteiger partial charge in [-0.15, -0.1) is 0 Å². The normalized spacial score (nSPS) is 20.4. The zero-order valence-corrected chi connectivity index (χ0v) is 20.3. The van der Waals surface area contributed by atoms with E-state index in [4.69, 9.17) is 0 Å². The highest BCUT2D eigenvalue weighted by Crippen LogP contribution is 2.33. The molecule has 1 aromatic carbocycles. The molecule has 3 heterocycles. The number of pyridine rings is 1. The van der Waals surface area contributed by atoms with Gasteiger partial charge in [-0.3, -0.25) is 9.78 Å². The molecule has 0 saturated carbocycles. The molecule has 0 radical (unpaired) electrons. The number of sulfonamides is 1. The van der Waals surface area contributed by atoms with E-state index in [-0.39, 0.29) is 16.8 Å². The van der Waals surface area contributed by atoms with Gasteiger partial charge in [0, 0.05) is 36.5 Å². The standard InChI is InChI=1S/C23H19F6N5O3S/c1-12-17(25)7-20(34(12)38(36,37)16-4-2-3-15(24)6-16)21(35)31-8-13-5-19(30-11-18(13)26)14-9-32-22(33-10-14)23(27,28)29/h2-6,9-12,17,20H,7-8H2,1H3,(H,31,35)/t12-,17+,20-/m0/s1. The van der Waals surface area contributed by atoms with Crippen molar-refractivity contribution in [2.45, 2.75) is 49.2 Å². The first-order chi connectivity index (χ1) is 17.8. The van der Waals surface area contributed by atoms with Crippen molar-refractivity contribution >= 4 is 15.9 Å². The van der Waals surface area contributed by atoms with Crippen molar-refractivity contribution in [2.24, 2.45) is 0 Å². The first-order valence-corrected chi connectivity index (χ1v) is 12.5. The van der Waals surface area contributed by atoms with Gasteiger partial charge in [-0.1, -0.05) is 6.07 Å². The summed E-state index contributed by atoms with van der Waals surface area (Å²) in [7, 11) is -4.47. The largest absolute Gasteiger partial charge is 0.451 e. The lowest BCUT2D eigenvalue weighted by Gasteiger charge is -2.27. The van der Waals surface area contributed by atoms with Crippen LogP contribution >= 0.6 is 0 Å². The van der Waals surface area contributed by atoms with Gasteiger partial charge in [-0.2, -0.15) is 17.5 Å². The van der Waals surface area contributed by atoms with Crippen molar-refractivity contribution in [3.63, 3.8) is 0 Å². The number of halogens is 6. The van der Waals surface area contributed by atoms with Gasteiger partial charge in [0.2, 0.25) is 21.8 Å². The van der Waals surface area contributed by atoms with Gasteiger partial charge in [0.1, 0.15) is 23.8 Å². The number of hydrogen-bond acceptors (Lipinski definition) is 6. The van der Waals surface area contributed by atoms with Crippen molar-refractivity contribution in [1.82, 2.24) is 24.6 Å². The maximum absolute atomic E-state index is 14.6. The average molecular weight is 559 g/mol. The van der Waals surface area contributed by atoms with E-state index in [9.17, 15) is 39.6 Å². The van der Waals surface area contributed by atoms with E-state index in [1.54, 1.807) is 0 Å².